The summed E-state index contributed by atoms with van der Waals surface area (Å²) in [4.78, 5) is 50.1. The maximum Gasteiger partial charge on any atom is 0.271 e. The van der Waals surface area contributed by atoms with Gasteiger partial charge in [-0.15, -0.1) is 0 Å². The molecule has 0 unspecified atom stereocenters. The molecule has 8 nitrogen and oxygen atoms in total. The third kappa shape index (κ3) is 2.94. The van der Waals surface area contributed by atoms with Crippen LogP contribution in [0.25, 0.3) is 0 Å². The fraction of sp³-hybridized carbons (Fsp3) is 0.261. The van der Waals surface area contributed by atoms with Crippen LogP contribution in [0.5, 0.6) is 0 Å². The molecule has 156 valence electrons. The molecule has 2 fully saturated rings. The number of nitrogens with zero attached hydrogens (tertiary/aromatic N) is 2. The second-order valence-corrected chi connectivity index (χ2v) is 8.27. The zero-order valence-corrected chi connectivity index (χ0v) is 16.6. The van der Waals surface area contributed by atoms with Gasteiger partial charge in [0.05, 0.1) is 28.1 Å². The SMILES string of the molecule is Cc1ccc([N+](=O)[O-])cc1NC(=O)c1ccc(N2C(=O)[C@@H]3[C@@H](C2=O)[C@H]2C=C[C@@H]3C2)cc1. The van der Waals surface area contributed by atoms with E-state index in [1.165, 1.54) is 17.0 Å². The second-order valence-electron chi connectivity index (χ2n) is 8.27. The summed E-state index contributed by atoms with van der Waals surface area (Å²) in [6.07, 6.45) is 4.96. The van der Waals surface area contributed by atoms with E-state index in [0.717, 1.165) is 6.42 Å². The van der Waals surface area contributed by atoms with E-state index in [0.29, 0.717) is 22.5 Å². The summed E-state index contributed by atoms with van der Waals surface area (Å²) in [6, 6.07) is 10.5. The van der Waals surface area contributed by atoms with Gasteiger partial charge >= 0.3 is 0 Å². The monoisotopic (exact) mass is 417 g/mol. The number of nitrogens with one attached hydrogen (secondary N) is 1. The van der Waals surface area contributed by atoms with Gasteiger partial charge in [-0.3, -0.25) is 29.4 Å². The summed E-state index contributed by atoms with van der Waals surface area (Å²) in [6.45, 7) is 1.74. The van der Waals surface area contributed by atoms with Gasteiger partial charge in [-0.25, -0.2) is 0 Å². The topological polar surface area (TPSA) is 110 Å². The first-order valence-corrected chi connectivity index (χ1v) is 10.1. The lowest BCUT2D eigenvalue weighted by molar-refractivity contribution is -0.384. The van der Waals surface area contributed by atoms with Crippen molar-refractivity contribution in [1.29, 1.82) is 0 Å². The molecule has 1 N–H and O–H groups in total. The van der Waals surface area contributed by atoms with Gasteiger partial charge in [0, 0.05) is 17.7 Å². The second kappa shape index (κ2) is 6.87. The summed E-state index contributed by atoms with van der Waals surface area (Å²) in [7, 11) is 0. The zero-order chi connectivity index (χ0) is 21.9. The summed E-state index contributed by atoms with van der Waals surface area (Å²) >= 11 is 0. The van der Waals surface area contributed by atoms with E-state index in [9.17, 15) is 24.5 Å². The van der Waals surface area contributed by atoms with Crippen LogP contribution in [0, 0.1) is 40.7 Å². The van der Waals surface area contributed by atoms with Crippen molar-refractivity contribution in [2.24, 2.45) is 23.7 Å². The van der Waals surface area contributed by atoms with Gasteiger partial charge in [0.1, 0.15) is 0 Å². The summed E-state index contributed by atoms with van der Waals surface area (Å²) < 4.78 is 0. The number of carbonyl (C=O) groups is 3. The molecule has 1 saturated heterocycles. The van der Waals surface area contributed by atoms with E-state index < -0.39 is 10.8 Å². The number of non-ortho nitro benzene ring substituents is 1. The Hall–Kier alpha value is -3.81. The summed E-state index contributed by atoms with van der Waals surface area (Å²) in [5, 5.41) is 13.7. The Balaban J connectivity index is 1.35. The van der Waals surface area contributed by atoms with Crippen molar-refractivity contribution in [2.45, 2.75) is 13.3 Å². The molecule has 4 atom stereocenters. The van der Waals surface area contributed by atoms with E-state index >= 15 is 0 Å². The number of aryl methyl sites for hydroxylation is 1. The highest BCUT2D eigenvalue weighted by atomic mass is 16.6. The molecular formula is C23H19N3O5. The summed E-state index contributed by atoms with van der Waals surface area (Å²) in [5.41, 5.74) is 1.70. The van der Waals surface area contributed by atoms with Crippen molar-refractivity contribution >= 4 is 34.8 Å². The lowest BCUT2D eigenvalue weighted by Gasteiger charge is -2.17. The first-order valence-electron chi connectivity index (χ1n) is 10.1. The van der Waals surface area contributed by atoms with Crippen molar-refractivity contribution < 1.29 is 19.3 Å². The van der Waals surface area contributed by atoms with E-state index in [2.05, 4.69) is 5.32 Å². The van der Waals surface area contributed by atoms with Gasteiger partial charge in [-0.2, -0.15) is 0 Å². The van der Waals surface area contributed by atoms with Crippen LogP contribution in [-0.2, 0) is 9.59 Å². The maximum absolute atomic E-state index is 12.9. The number of fused-ring (bicyclic) bond motifs is 5. The number of hydrogen-bond donors (Lipinski definition) is 1. The van der Waals surface area contributed by atoms with Crippen LogP contribution >= 0.6 is 0 Å². The molecular weight excluding hydrogens is 398 g/mol. The van der Waals surface area contributed by atoms with Crippen LogP contribution in [0.1, 0.15) is 22.3 Å². The average Bonchev–Trinajstić information content (AvgIpc) is 3.43. The Bertz CT molecular complexity index is 1140. The molecule has 8 heteroatoms. The van der Waals surface area contributed by atoms with Crippen molar-refractivity contribution in [1.82, 2.24) is 0 Å². The fourth-order valence-electron chi connectivity index (χ4n) is 4.97. The minimum atomic E-state index is -0.523. The largest absolute Gasteiger partial charge is 0.321 e. The minimum Gasteiger partial charge on any atom is -0.321 e. The van der Waals surface area contributed by atoms with Gasteiger partial charge in [-0.1, -0.05) is 18.2 Å². The van der Waals surface area contributed by atoms with Crippen molar-refractivity contribution in [3.05, 3.63) is 75.9 Å². The number of carbonyl (C=O) groups excluding carboxylic acids is 3. The predicted octanol–water partition coefficient (Wildman–Crippen LogP) is 3.47. The zero-order valence-electron chi connectivity index (χ0n) is 16.6. The molecule has 3 amide bonds. The van der Waals surface area contributed by atoms with Crippen molar-refractivity contribution in [3.63, 3.8) is 0 Å². The van der Waals surface area contributed by atoms with Crippen LogP contribution in [-0.4, -0.2) is 22.6 Å². The molecule has 1 heterocycles. The highest BCUT2D eigenvalue weighted by Gasteiger charge is 2.59. The standard InChI is InChI=1S/C23H19N3O5/c1-12-2-7-17(26(30)31)11-18(12)24-21(27)13-5-8-16(9-6-13)25-22(28)19-14-3-4-15(10-14)20(19)23(25)29/h2-9,11,14-15,19-20H,10H2,1H3,(H,24,27)/t14-,15+,19-,20-/m0/s1. The molecule has 31 heavy (non-hydrogen) atoms. The molecule has 1 aliphatic heterocycles. The molecule has 0 aromatic heterocycles. The minimum absolute atomic E-state index is 0.115. The van der Waals surface area contributed by atoms with E-state index in [1.807, 2.05) is 12.2 Å². The van der Waals surface area contributed by atoms with Crippen LogP contribution < -0.4 is 10.2 Å². The number of amides is 3. The first-order chi connectivity index (χ1) is 14.8. The molecule has 2 aromatic rings. The van der Waals surface area contributed by atoms with Crippen LogP contribution in [0.2, 0.25) is 0 Å². The van der Waals surface area contributed by atoms with Crippen molar-refractivity contribution in [3.8, 4) is 0 Å². The Morgan fingerprint density at radius 1 is 1.03 bits per heavy atom. The number of anilines is 2. The van der Waals surface area contributed by atoms with Crippen LogP contribution in [0.3, 0.4) is 0 Å². The number of imide groups is 1. The highest BCUT2D eigenvalue weighted by molar-refractivity contribution is 6.23. The molecule has 2 bridgehead atoms. The molecule has 5 rings (SSSR count). The number of nitro groups is 1. The lowest BCUT2D eigenvalue weighted by atomic mass is 9.85. The van der Waals surface area contributed by atoms with Gasteiger partial charge in [0.15, 0.2) is 0 Å². The Morgan fingerprint density at radius 3 is 2.23 bits per heavy atom. The maximum atomic E-state index is 12.9. The van der Waals surface area contributed by atoms with E-state index in [-0.39, 0.29) is 41.2 Å². The third-order valence-electron chi connectivity index (χ3n) is 6.54. The lowest BCUT2D eigenvalue weighted by Crippen LogP contribution is -2.32. The molecule has 2 aromatic carbocycles. The number of nitro benzene ring substituents is 1. The number of allylic oxidation sites excluding steroid dienone is 2. The van der Waals surface area contributed by atoms with Gasteiger partial charge in [0.2, 0.25) is 11.8 Å². The molecule has 1 saturated carbocycles. The quantitative estimate of drug-likeness (QED) is 0.355. The average molecular weight is 417 g/mol. The smallest absolute Gasteiger partial charge is 0.271 e. The number of rotatable bonds is 4. The predicted molar refractivity (Wildman–Crippen MR) is 112 cm³/mol. The van der Waals surface area contributed by atoms with Crippen LogP contribution in [0.15, 0.2) is 54.6 Å². The molecule has 3 aliphatic rings. The van der Waals surface area contributed by atoms with Gasteiger partial charge in [0.25, 0.3) is 11.6 Å². The fourth-order valence-corrected chi connectivity index (χ4v) is 4.97. The Morgan fingerprint density at radius 2 is 1.65 bits per heavy atom. The van der Waals surface area contributed by atoms with Crippen LogP contribution in [0.4, 0.5) is 17.1 Å². The van der Waals surface area contributed by atoms with Crippen molar-refractivity contribution in [2.75, 3.05) is 10.2 Å². The molecule has 2 aliphatic carbocycles. The third-order valence-corrected chi connectivity index (χ3v) is 6.54. The first kappa shape index (κ1) is 19.2. The van der Waals surface area contributed by atoms with E-state index in [1.54, 1.807) is 37.3 Å². The number of hydrogen-bond acceptors (Lipinski definition) is 5. The highest BCUT2D eigenvalue weighted by Crippen LogP contribution is 2.53. The summed E-state index contributed by atoms with van der Waals surface area (Å²) in [5.74, 6) is -1.05. The van der Waals surface area contributed by atoms with E-state index in [4.69, 9.17) is 0 Å². The molecule has 0 spiro atoms. The number of benzene rings is 2. The Kier molecular flexibility index (Phi) is 4.25. The Labute approximate surface area is 177 Å². The van der Waals surface area contributed by atoms with Gasteiger partial charge < -0.3 is 5.32 Å². The molecule has 0 radical (unpaired) electrons. The van der Waals surface area contributed by atoms with Gasteiger partial charge in [-0.05, 0) is 55.0 Å². The normalized spacial score (nSPS) is 25.8.